The first-order chi connectivity index (χ1) is 24.3. The zero-order valence-corrected chi connectivity index (χ0v) is 30.3. The number of fused-ring (bicyclic) bond motifs is 2. The van der Waals surface area contributed by atoms with Crippen molar-refractivity contribution in [2.45, 2.75) is 43.2 Å². The number of amides is 1. The molecule has 7 rings (SSSR count). The second kappa shape index (κ2) is 12.3. The monoisotopic (exact) mass is 723 g/mol. The number of aryl methyl sites for hydroxylation is 2. The normalized spacial score (nSPS) is 19.6. The van der Waals surface area contributed by atoms with Crippen LogP contribution in [0.3, 0.4) is 0 Å². The SMILES string of the molecule is CCCn1ccc2c([N+]3(c4cccc5c4ccn5C(=O)N(C)C)C(S)(S)N=NC3(c3ccc(O)cc3O)c3cc(CC)c(O)cc3O)cccc21. The highest BCUT2D eigenvalue weighted by atomic mass is 32.2. The molecule has 0 spiro atoms. The summed E-state index contributed by atoms with van der Waals surface area (Å²) in [5.41, 5.74) is 1.62. The molecule has 1 aliphatic heterocycles. The van der Waals surface area contributed by atoms with Crippen molar-refractivity contribution in [3.8, 4) is 23.0 Å². The number of aromatic nitrogens is 2. The maximum atomic E-state index is 13.5. The van der Waals surface area contributed by atoms with Crippen LogP contribution in [0.1, 0.15) is 37.0 Å². The van der Waals surface area contributed by atoms with Gasteiger partial charge in [0.2, 0.25) is 0 Å². The van der Waals surface area contributed by atoms with Crippen molar-refractivity contribution < 1.29 is 25.2 Å². The van der Waals surface area contributed by atoms with E-state index in [-0.39, 0.29) is 40.2 Å². The highest BCUT2D eigenvalue weighted by Gasteiger charge is 2.73. The van der Waals surface area contributed by atoms with E-state index in [4.69, 9.17) is 35.5 Å². The Bertz CT molecular complexity index is 2380. The third-order valence-corrected chi connectivity index (χ3v) is 10.6. The molecule has 1 amide bonds. The predicted molar refractivity (Wildman–Crippen MR) is 205 cm³/mol. The van der Waals surface area contributed by atoms with Gasteiger partial charge in [0.15, 0.2) is 11.4 Å². The fraction of sp³-hybridized carbons (Fsp3) is 0.237. The van der Waals surface area contributed by atoms with E-state index < -0.39 is 14.5 Å². The number of hydrogen-bond acceptors (Lipinski definition) is 9. The summed E-state index contributed by atoms with van der Waals surface area (Å²) in [5.74, 6) is -0.947. The molecule has 262 valence electrons. The number of azo groups is 1. The van der Waals surface area contributed by atoms with Crippen molar-refractivity contribution in [3.63, 3.8) is 0 Å². The van der Waals surface area contributed by atoms with Gasteiger partial charge in [0.25, 0.3) is 5.66 Å². The zero-order chi connectivity index (χ0) is 36.5. The Kier molecular flexibility index (Phi) is 8.27. The summed E-state index contributed by atoms with van der Waals surface area (Å²) >= 11 is 10.5. The highest BCUT2D eigenvalue weighted by molar-refractivity contribution is 8.00. The molecule has 0 saturated carbocycles. The van der Waals surface area contributed by atoms with Crippen LogP contribution in [-0.4, -0.2) is 58.9 Å². The standard InChI is InChI=1S/C38H38N6O5S2/c1-5-17-42-18-15-25-29(42)9-7-11-31(25)44(32-12-8-10-30-26(32)16-19-43(30)36(49)41(3)4)37(39-40-38(44,50)51,27-14-13-24(45)21-34(27)47)28-20-23(6-2)33(46)22-35(28)48/h7-16,18-22H,5-6,17H2,1-4H3,(H5-,45,46,47,48,50,51)/p+1. The van der Waals surface area contributed by atoms with E-state index in [1.165, 1.54) is 23.1 Å². The minimum absolute atomic E-state index is 0.111. The molecule has 0 saturated heterocycles. The molecule has 2 unspecified atom stereocenters. The number of carbonyl (C=O) groups excluding carboxylic acids is 1. The first-order valence-corrected chi connectivity index (χ1v) is 17.5. The van der Waals surface area contributed by atoms with Crippen molar-refractivity contribution >= 4 is 64.5 Å². The van der Waals surface area contributed by atoms with Gasteiger partial charge in [-0.3, -0.25) is 4.57 Å². The van der Waals surface area contributed by atoms with Crippen LogP contribution in [0.4, 0.5) is 16.2 Å². The van der Waals surface area contributed by atoms with Gasteiger partial charge < -0.3 is 29.9 Å². The van der Waals surface area contributed by atoms with Crippen LogP contribution >= 0.6 is 25.3 Å². The molecule has 0 bridgehead atoms. The van der Waals surface area contributed by atoms with Crippen molar-refractivity contribution in [1.29, 1.82) is 0 Å². The van der Waals surface area contributed by atoms with Crippen LogP contribution in [0.25, 0.3) is 21.8 Å². The number of nitrogens with zero attached hydrogens (tertiary/aromatic N) is 6. The third kappa shape index (κ3) is 4.75. The average molecular weight is 724 g/mol. The van der Waals surface area contributed by atoms with E-state index in [2.05, 4.69) is 11.5 Å². The van der Waals surface area contributed by atoms with E-state index in [1.54, 1.807) is 37.0 Å². The zero-order valence-electron chi connectivity index (χ0n) is 28.6. The molecule has 11 nitrogen and oxygen atoms in total. The van der Waals surface area contributed by atoms with Gasteiger partial charge in [0.05, 0.1) is 32.9 Å². The molecule has 2 aromatic heterocycles. The van der Waals surface area contributed by atoms with Gasteiger partial charge in [-0.2, -0.15) is 4.48 Å². The number of phenolic OH excluding ortho intramolecular Hbond substituents is 4. The molecular weight excluding hydrogens is 685 g/mol. The molecule has 2 atom stereocenters. The molecule has 1 aliphatic rings. The summed E-state index contributed by atoms with van der Waals surface area (Å²) < 4.78 is 1.45. The van der Waals surface area contributed by atoms with Gasteiger partial charge >= 0.3 is 10.4 Å². The average Bonchev–Trinajstić information content (AvgIpc) is 3.78. The van der Waals surface area contributed by atoms with Crippen LogP contribution in [0.2, 0.25) is 0 Å². The van der Waals surface area contributed by atoms with Crippen LogP contribution in [0.5, 0.6) is 23.0 Å². The van der Waals surface area contributed by atoms with E-state index in [0.717, 1.165) is 23.9 Å². The minimum atomic E-state index is -1.91. The predicted octanol–water partition coefficient (Wildman–Crippen LogP) is 8.40. The van der Waals surface area contributed by atoms with E-state index in [1.807, 2.05) is 61.7 Å². The Morgan fingerprint density at radius 3 is 2.08 bits per heavy atom. The Hall–Kier alpha value is -5.11. The fourth-order valence-electron chi connectivity index (χ4n) is 7.67. The van der Waals surface area contributed by atoms with Crippen LogP contribution < -0.4 is 4.48 Å². The van der Waals surface area contributed by atoms with Crippen LogP contribution in [0.15, 0.2) is 101 Å². The second-order valence-corrected chi connectivity index (χ2v) is 14.6. The van der Waals surface area contributed by atoms with Crippen LogP contribution in [0, 0.1) is 0 Å². The summed E-state index contributed by atoms with van der Waals surface area (Å²) in [6.45, 7) is 4.73. The largest absolute Gasteiger partial charge is 0.508 e. The first kappa shape index (κ1) is 34.3. The Morgan fingerprint density at radius 1 is 0.784 bits per heavy atom. The summed E-state index contributed by atoms with van der Waals surface area (Å²) in [7, 11) is 3.35. The number of phenols is 4. The number of rotatable bonds is 7. The molecular formula is C38H39N6O5S2+. The Balaban J connectivity index is 1.77. The summed E-state index contributed by atoms with van der Waals surface area (Å²) in [6.07, 6.45) is 5.00. The lowest BCUT2D eigenvalue weighted by molar-refractivity contribution is 0.220. The number of thiol groups is 2. The van der Waals surface area contributed by atoms with Gasteiger partial charge in [-0.15, -0.1) is 5.11 Å². The number of hydrogen-bond donors (Lipinski definition) is 6. The van der Waals surface area contributed by atoms with Crippen molar-refractivity contribution in [2.24, 2.45) is 10.2 Å². The van der Waals surface area contributed by atoms with E-state index >= 15 is 0 Å². The van der Waals surface area contributed by atoms with Gasteiger partial charge in [-0.1, -0.05) is 56.4 Å². The molecule has 13 heteroatoms. The number of aromatic hydroxyl groups is 4. The maximum absolute atomic E-state index is 13.5. The molecule has 0 radical (unpaired) electrons. The first-order valence-electron chi connectivity index (χ1n) is 16.6. The van der Waals surface area contributed by atoms with Gasteiger partial charge in [0, 0.05) is 57.3 Å². The second-order valence-electron chi connectivity index (χ2n) is 13.0. The molecule has 3 heterocycles. The smallest absolute Gasteiger partial charge is 0.328 e. The van der Waals surface area contributed by atoms with Gasteiger partial charge in [0.1, 0.15) is 23.0 Å². The summed E-state index contributed by atoms with van der Waals surface area (Å²) in [6, 6.07) is 22.1. The maximum Gasteiger partial charge on any atom is 0.328 e. The Labute approximate surface area is 305 Å². The lowest BCUT2D eigenvalue weighted by atomic mass is 9.83. The van der Waals surface area contributed by atoms with E-state index in [0.29, 0.717) is 34.3 Å². The number of carbonyl (C=O) groups is 1. The topological polar surface area (TPSA) is 136 Å². The third-order valence-electron chi connectivity index (χ3n) is 9.85. The minimum Gasteiger partial charge on any atom is -0.508 e. The molecule has 4 aromatic carbocycles. The molecule has 0 aliphatic carbocycles. The van der Waals surface area contributed by atoms with Crippen molar-refractivity contribution in [3.05, 3.63) is 108 Å². The lowest BCUT2D eigenvalue weighted by Crippen LogP contribution is -2.64. The fourth-order valence-corrected chi connectivity index (χ4v) is 8.48. The van der Waals surface area contributed by atoms with E-state index in [9.17, 15) is 25.2 Å². The lowest BCUT2D eigenvalue weighted by Gasteiger charge is -2.50. The molecule has 6 aromatic rings. The summed E-state index contributed by atoms with van der Waals surface area (Å²) in [5, 5.41) is 56.6. The van der Waals surface area contributed by atoms with Crippen molar-refractivity contribution in [2.75, 3.05) is 14.1 Å². The quantitative estimate of drug-likeness (QED) is 0.0559. The molecule has 4 N–H and O–H groups in total. The molecule has 0 fully saturated rings. The summed E-state index contributed by atoms with van der Waals surface area (Å²) in [4.78, 5) is 14.9. The number of quaternary nitrogens is 1. The van der Waals surface area contributed by atoms with Gasteiger partial charge in [-0.25, -0.2) is 4.79 Å². The Morgan fingerprint density at radius 2 is 1.43 bits per heavy atom. The van der Waals surface area contributed by atoms with Gasteiger partial charge in [-0.05, 0) is 60.9 Å². The highest BCUT2D eigenvalue weighted by Crippen LogP contribution is 2.67. The number of benzene rings is 4. The molecule has 51 heavy (non-hydrogen) atoms. The van der Waals surface area contributed by atoms with Crippen LogP contribution in [-0.2, 0) is 18.6 Å². The van der Waals surface area contributed by atoms with Crippen molar-refractivity contribution in [1.82, 2.24) is 18.5 Å².